The Morgan fingerprint density at radius 1 is 1.22 bits per heavy atom. The number of fused-ring (bicyclic) bond motifs is 1. The predicted molar refractivity (Wildman–Crippen MR) is 92.2 cm³/mol. The number of ether oxygens (including phenoxy) is 1. The van der Waals surface area contributed by atoms with Gasteiger partial charge in [-0.25, -0.2) is 4.79 Å². The number of carbonyl (C=O) groups is 1. The van der Waals surface area contributed by atoms with Crippen molar-refractivity contribution in [3.8, 4) is 0 Å². The second-order valence-corrected chi connectivity index (χ2v) is 7.92. The summed E-state index contributed by atoms with van der Waals surface area (Å²) in [5.74, 6) is 0. The van der Waals surface area contributed by atoms with Gasteiger partial charge in [0.25, 0.3) is 0 Å². The van der Waals surface area contributed by atoms with E-state index in [4.69, 9.17) is 10.5 Å². The number of alkyl carbamates (subject to hydrolysis) is 1. The van der Waals surface area contributed by atoms with Gasteiger partial charge in [-0.05, 0) is 52.2 Å². The van der Waals surface area contributed by atoms with Crippen LogP contribution in [0.25, 0.3) is 0 Å². The average Bonchev–Trinajstić information content (AvgIpc) is 2.71. The highest BCUT2D eigenvalue weighted by Gasteiger charge is 2.30. The van der Waals surface area contributed by atoms with Gasteiger partial charge in [0, 0.05) is 18.6 Å². The molecule has 0 fully saturated rings. The predicted octanol–water partition coefficient (Wildman–Crippen LogP) is 3.02. The SMILES string of the molecule is CC(C)(CNC1CC(N)c2ccccc21)NC(=O)OC(C)(C)C. The van der Waals surface area contributed by atoms with E-state index in [1.807, 2.05) is 46.8 Å². The minimum Gasteiger partial charge on any atom is -0.444 e. The molecule has 0 aromatic heterocycles. The van der Waals surface area contributed by atoms with E-state index in [1.54, 1.807) is 0 Å². The summed E-state index contributed by atoms with van der Waals surface area (Å²) < 4.78 is 5.32. The van der Waals surface area contributed by atoms with Crippen LogP contribution >= 0.6 is 0 Å². The van der Waals surface area contributed by atoms with Gasteiger partial charge in [0.2, 0.25) is 0 Å². The second kappa shape index (κ2) is 6.49. The summed E-state index contributed by atoms with van der Waals surface area (Å²) in [6.45, 7) is 10.2. The Balaban J connectivity index is 1.91. The molecule has 2 atom stereocenters. The van der Waals surface area contributed by atoms with Crippen molar-refractivity contribution in [2.24, 2.45) is 5.73 Å². The van der Waals surface area contributed by atoms with Gasteiger partial charge in [0.15, 0.2) is 0 Å². The molecule has 0 saturated heterocycles. The van der Waals surface area contributed by atoms with Gasteiger partial charge in [0.05, 0.1) is 5.54 Å². The quantitative estimate of drug-likeness (QED) is 0.797. The Bertz CT molecular complexity index is 564. The van der Waals surface area contributed by atoms with Crippen molar-refractivity contribution < 1.29 is 9.53 Å². The van der Waals surface area contributed by atoms with E-state index in [2.05, 4.69) is 22.8 Å². The Kier molecular flexibility index (Phi) is 5.01. The lowest BCUT2D eigenvalue weighted by Crippen LogP contribution is -2.52. The summed E-state index contributed by atoms with van der Waals surface area (Å²) in [5, 5.41) is 6.44. The van der Waals surface area contributed by atoms with Crippen LogP contribution in [-0.4, -0.2) is 23.8 Å². The van der Waals surface area contributed by atoms with Gasteiger partial charge < -0.3 is 21.1 Å². The summed E-state index contributed by atoms with van der Waals surface area (Å²) in [5.41, 5.74) is 7.76. The lowest BCUT2D eigenvalue weighted by Gasteiger charge is -2.30. The minimum absolute atomic E-state index is 0.0747. The molecular formula is C18H29N3O2. The van der Waals surface area contributed by atoms with Crippen LogP contribution in [0.4, 0.5) is 4.79 Å². The minimum atomic E-state index is -0.495. The van der Waals surface area contributed by atoms with Crippen LogP contribution in [0, 0.1) is 0 Å². The van der Waals surface area contributed by atoms with E-state index in [9.17, 15) is 4.79 Å². The van der Waals surface area contributed by atoms with E-state index < -0.39 is 17.2 Å². The molecule has 0 aliphatic heterocycles. The van der Waals surface area contributed by atoms with Crippen molar-refractivity contribution in [3.05, 3.63) is 35.4 Å². The van der Waals surface area contributed by atoms with Crippen molar-refractivity contribution in [1.29, 1.82) is 0 Å². The summed E-state index contributed by atoms with van der Waals surface area (Å²) in [6, 6.07) is 8.57. The number of rotatable bonds is 4. The highest BCUT2D eigenvalue weighted by atomic mass is 16.6. The molecule has 0 radical (unpaired) electrons. The lowest BCUT2D eigenvalue weighted by molar-refractivity contribution is 0.0470. The molecule has 4 N–H and O–H groups in total. The molecule has 1 aliphatic carbocycles. The first-order valence-corrected chi connectivity index (χ1v) is 8.16. The van der Waals surface area contributed by atoms with Gasteiger partial charge in [-0.1, -0.05) is 24.3 Å². The van der Waals surface area contributed by atoms with Crippen LogP contribution in [0.15, 0.2) is 24.3 Å². The van der Waals surface area contributed by atoms with Crippen LogP contribution in [-0.2, 0) is 4.74 Å². The molecule has 2 rings (SSSR count). The fraction of sp³-hybridized carbons (Fsp3) is 0.611. The van der Waals surface area contributed by atoms with Gasteiger partial charge in [-0.3, -0.25) is 0 Å². The number of nitrogens with one attached hydrogen (secondary N) is 2. The van der Waals surface area contributed by atoms with Crippen LogP contribution in [0.1, 0.15) is 64.3 Å². The topological polar surface area (TPSA) is 76.4 Å². The zero-order chi connectivity index (χ0) is 17.3. The average molecular weight is 319 g/mol. The number of carbonyl (C=O) groups excluding carboxylic acids is 1. The first kappa shape index (κ1) is 17.8. The summed E-state index contributed by atoms with van der Waals surface area (Å²) in [7, 11) is 0. The number of nitrogens with two attached hydrogens (primary N) is 1. The maximum absolute atomic E-state index is 11.9. The van der Waals surface area contributed by atoms with E-state index >= 15 is 0 Å². The van der Waals surface area contributed by atoms with Crippen molar-refractivity contribution in [2.45, 2.75) is 64.3 Å². The van der Waals surface area contributed by atoms with E-state index in [-0.39, 0.29) is 12.1 Å². The fourth-order valence-corrected chi connectivity index (χ4v) is 2.87. The van der Waals surface area contributed by atoms with Crippen LogP contribution in [0.2, 0.25) is 0 Å². The molecule has 0 saturated carbocycles. The number of benzene rings is 1. The Morgan fingerprint density at radius 3 is 2.43 bits per heavy atom. The van der Waals surface area contributed by atoms with Crippen molar-refractivity contribution in [3.63, 3.8) is 0 Å². The number of hydrogen-bond acceptors (Lipinski definition) is 4. The molecule has 5 heteroatoms. The number of amides is 1. The molecule has 23 heavy (non-hydrogen) atoms. The van der Waals surface area contributed by atoms with Gasteiger partial charge in [-0.15, -0.1) is 0 Å². The molecular weight excluding hydrogens is 290 g/mol. The highest BCUT2D eigenvalue weighted by Crippen LogP contribution is 2.36. The largest absolute Gasteiger partial charge is 0.444 e. The Labute approximate surface area is 139 Å². The first-order chi connectivity index (χ1) is 10.6. The van der Waals surface area contributed by atoms with Crippen molar-refractivity contribution in [1.82, 2.24) is 10.6 Å². The third-order valence-electron chi connectivity index (χ3n) is 3.89. The molecule has 1 amide bonds. The van der Waals surface area contributed by atoms with E-state index in [0.717, 1.165) is 6.42 Å². The maximum Gasteiger partial charge on any atom is 0.408 e. The molecule has 5 nitrogen and oxygen atoms in total. The third-order valence-corrected chi connectivity index (χ3v) is 3.89. The molecule has 2 unspecified atom stereocenters. The first-order valence-electron chi connectivity index (χ1n) is 8.16. The Hall–Kier alpha value is -1.59. The molecule has 0 spiro atoms. The Morgan fingerprint density at radius 2 is 1.83 bits per heavy atom. The summed E-state index contributed by atoms with van der Waals surface area (Å²) in [4.78, 5) is 11.9. The molecule has 1 aromatic rings. The van der Waals surface area contributed by atoms with E-state index in [0.29, 0.717) is 6.54 Å². The standard InChI is InChI=1S/C18H29N3O2/c1-17(2,3)23-16(22)21-18(4,5)11-20-15-10-14(19)12-8-6-7-9-13(12)15/h6-9,14-15,20H,10-11,19H2,1-5H3,(H,21,22). The second-order valence-electron chi connectivity index (χ2n) is 7.92. The fourth-order valence-electron chi connectivity index (χ4n) is 2.87. The zero-order valence-electron chi connectivity index (χ0n) is 14.8. The van der Waals surface area contributed by atoms with Gasteiger partial charge in [0.1, 0.15) is 5.60 Å². The van der Waals surface area contributed by atoms with Crippen LogP contribution in [0.5, 0.6) is 0 Å². The third kappa shape index (κ3) is 4.94. The summed E-state index contributed by atoms with van der Waals surface area (Å²) >= 11 is 0. The molecule has 0 heterocycles. The molecule has 0 bridgehead atoms. The zero-order valence-corrected chi connectivity index (χ0v) is 14.8. The van der Waals surface area contributed by atoms with Crippen molar-refractivity contribution in [2.75, 3.05) is 6.54 Å². The lowest BCUT2D eigenvalue weighted by atomic mass is 10.0. The van der Waals surface area contributed by atoms with Crippen LogP contribution < -0.4 is 16.4 Å². The van der Waals surface area contributed by atoms with Gasteiger partial charge >= 0.3 is 6.09 Å². The molecule has 128 valence electrons. The smallest absolute Gasteiger partial charge is 0.408 e. The van der Waals surface area contributed by atoms with Crippen LogP contribution in [0.3, 0.4) is 0 Å². The van der Waals surface area contributed by atoms with Gasteiger partial charge in [-0.2, -0.15) is 0 Å². The van der Waals surface area contributed by atoms with E-state index in [1.165, 1.54) is 11.1 Å². The van der Waals surface area contributed by atoms with Crippen molar-refractivity contribution >= 4 is 6.09 Å². The molecule has 1 aliphatic rings. The maximum atomic E-state index is 11.9. The number of hydrogen-bond donors (Lipinski definition) is 3. The normalized spacial score (nSPS) is 21.0. The molecule has 1 aromatic carbocycles. The highest BCUT2D eigenvalue weighted by molar-refractivity contribution is 5.68. The summed E-state index contributed by atoms with van der Waals surface area (Å²) in [6.07, 6.45) is 0.481. The monoisotopic (exact) mass is 319 g/mol.